The lowest BCUT2D eigenvalue weighted by Crippen LogP contribution is -2.58. The molecule has 5 heteroatoms. The van der Waals surface area contributed by atoms with Gasteiger partial charge >= 0.3 is 5.97 Å². The number of esters is 1. The fourth-order valence-electron chi connectivity index (χ4n) is 6.41. The minimum Gasteiger partial charge on any atom is -0.495 e. The van der Waals surface area contributed by atoms with Crippen LogP contribution in [0, 0.1) is 11.8 Å². The van der Waals surface area contributed by atoms with Crippen LogP contribution in [0.5, 0.6) is 5.75 Å². The van der Waals surface area contributed by atoms with Gasteiger partial charge in [0.1, 0.15) is 5.75 Å². The Morgan fingerprint density at radius 1 is 1.35 bits per heavy atom. The SMILES string of the molecule is CC[C@@H]1[C@@H]2N3CC[C@H]1C(C(=O)OC)=C1Nc4c(OC)cccc4[C@@]12CC3. The number of para-hydroxylation sites is 1. The van der Waals surface area contributed by atoms with Gasteiger partial charge in [-0.05, 0) is 49.4 Å². The Kier molecular flexibility index (Phi) is 3.42. The molecule has 2 fully saturated rings. The summed E-state index contributed by atoms with van der Waals surface area (Å²) in [6.07, 6.45) is 3.17. The maximum Gasteiger partial charge on any atom is 0.335 e. The first-order valence-electron chi connectivity index (χ1n) is 9.68. The fourth-order valence-corrected chi connectivity index (χ4v) is 6.41. The van der Waals surface area contributed by atoms with Crippen molar-refractivity contribution in [1.82, 2.24) is 4.90 Å². The molecule has 0 unspecified atom stereocenters. The minimum atomic E-state index is -0.166. The molecule has 4 atom stereocenters. The van der Waals surface area contributed by atoms with E-state index < -0.39 is 0 Å². The number of nitrogens with one attached hydrogen (secondary N) is 1. The highest BCUT2D eigenvalue weighted by atomic mass is 16.5. The van der Waals surface area contributed by atoms with Gasteiger partial charge in [-0.15, -0.1) is 0 Å². The van der Waals surface area contributed by atoms with Crippen molar-refractivity contribution in [2.75, 3.05) is 32.6 Å². The second kappa shape index (κ2) is 5.49. The Hall–Kier alpha value is -2.01. The van der Waals surface area contributed by atoms with Crippen LogP contribution in [0.25, 0.3) is 0 Å². The second-order valence-corrected chi connectivity index (χ2v) is 7.96. The minimum absolute atomic E-state index is 0.134. The summed E-state index contributed by atoms with van der Waals surface area (Å²) < 4.78 is 10.9. The number of benzene rings is 1. The fraction of sp³-hybridized carbons (Fsp3) is 0.571. The summed E-state index contributed by atoms with van der Waals surface area (Å²) in [7, 11) is 3.21. The van der Waals surface area contributed by atoms with Crippen molar-refractivity contribution < 1.29 is 14.3 Å². The van der Waals surface area contributed by atoms with E-state index in [-0.39, 0.29) is 17.3 Å². The Morgan fingerprint density at radius 2 is 2.19 bits per heavy atom. The van der Waals surface area contributed by atoms with Crippen LogP contribution in [0.3, 0.4) is 0 Å². The first-order valence-corrected chi connectivity index (χ1v) is 9.68. The highest BCUT2D eigenvalue weighted by molar-refractivity contribution is 5.94. The third-order valence-corrected chi connectivity index (χ3v) is 7.28. The van der Waals surface area contributed by atoms with Gasteiger partial charge in [-0.2, -0.15) is 0 Å². The normalized spacial score (nSPS) is 34.2. The molecule has 1 aliphatic carbocycles. The average molecular weight is 354 g/mol. The molecular weight excluding hydrogens is 328 g/mol. The van der Waals surface area contributed by atoms with Crippen molar-refractivity contribution >= 4 is 11.7 Å². The summed E-state index contributed by atoms with van der Waals surface area (Å²) >= 11 is 0. The molecular formula is C21H26N2O3. The van der Waals surface area contributed by atoms with E-state index in [1.807, 2.05) is 6.07 Å². The van der Waals surface area contributed by atoms with Crippen LogP contribution < -0.4 is 10.1 Å². The lowest BCUT2D eigenvalue weighted by atomic mass is 9.57. The Morgan fingerprint density at radius 3 is 2.92 bits per heavy atom. The molecule has 26 heavy (non-hydrogen) atoms. The number of anilines is 1. The second-order valence-electron chi connectivity index (χ2n) is 7.96. The molecule has 0 amide bonds. The number of methoxy groups -OCH3 is 2. The van der Waals surface area contributed by atoms with E-state index in [1.165, 1.54) is 12.7 Å². The zero-order valence-electron chi connectivity index (χ0n) is 15.7. The number of hydrogen-bond acceptors (Lipinski definition) is 5. The summed E-state index contributed by atoms with van der Waals surface area (Å²) in [4.78, 5) is 15.5. The van der Waals surface area contributed by atoms with Crippen LogP contribution in [0.1, 0.15) is 31.7 Å². The van der Waals surface area contributed by atoms with Gasteiger partial charge in [-0.3, -0.25) is 4.90 Å². The molecule has 5 nitrogen and oxygen atoms in total. The third kappa shape index (κ3) is 1.72. The molecule has 138 valence electrons. The Labute approximate surface area is 154 Å². The van der Waals surface area contributed by atoms with Gasteiger partial charge in [0.05, 0.1) is 30.9 Å². The summed E-state index contributed by atoms with van der Waals surface area (Å²) in [6, 6.07) is 6.75. The van der Waals surface area contributed by atoms with Gasteiger partial charge in [-0.25, -0.2) is 4.79 Å². The predicted molar refractivity (Wildman–Crippen MR) is 99.2 cm³/mol. The van der Waals surface area contributed by atoms with Crippen molar-refractivity contribution in [2.45, 2.75) is 37.6 Å². The van der Waals surface area contributed by atoms with Gasteiger partial charge in [0.2, 0.25) is 0 Å². The van der Waals surface area contributed by atoms with E-state index in [0.717, 1.165) is 55.1 Å². The Balaban J connectivity index is 1.83. The number of nitrogens with zero attached hydrogens (tertiary/aromatic N) is 1. The molecule has 4 aliphatic rings. The average Bonchev–Trinajstić information content (AvgIpc) is 3.24. The predicted octanol–water partition coefficient (Wildman–Crippen LogP) is 2.92. The first-order chi connectivity index (χ1) is 12.7. The maximum absolute atomic E-state index is 12.9. The third-order valence-electron chi connectivity index (χ3n) is 7.28. The number of rotatable bonds is 3. The molecule has 0 radical (unpaired) electrons. The van der Waals surface area contributed by atoms with Gasteiger partial charge in [-0.1, -0.05) is 25.5 Å². The van der Waals surface area contributed by atoms with Crippen LogP contribution in [0.15, 0.2) is 29.5 Å². The van der Waals surface area contributed by atoms with Gasteiger partial charge in [0, 0.05) is 11.7 Å². The van der Waals surface area contributed by atoms with Crippen molar-refractivity contribution in [2.24, 2.45) is 11.8 Å². The highest BCUT2D eigenvalue weighted by Gasteiger charge is 2.64. The summed E-state index contributed by atoms with van der Waals surface area (Å²) in [5.74, 6) is 1.45. The number of carbonyl (C=O) groups is 1. The summed E-state index contributed by atoms with van der Waals surface area (Å²) in [5.41, 5.74) is 4.17. The molecule has 1 N–H and O–H groups in total. The number of piperidine rings is 1. The summed E-state index contributed by atoms with van der Waals surface area (Å²) in [6.45, 7) is 4.42. The van der Waals surface area contributed by atoms with E-state index in [9.17, 15) is 4.79 Å². The number of ether oxygens (including phenoxy) is 2. The first kappa shape index (κ1) is 16.2. The molecule has 0 saturated carbocycles. The lowest BCUT2D eigenvalue weighted by Gasteiger charge is -2.52. The molecule has 1 aromatic carbocycles. The van der Waals surface area contributed by atoms with E-state index in [0.29, 0.717) is 12.0 Å². The molecule has 1 aromatic rings. The van der Waals surface area contributed by atoms with E-state index >= 15 is 0 Å². The number of carbonyl (C=O) groups excluding carboxylic acids is 1. The van der Waals surface area contributed by atoms with Gasteiger partial charge in [0.25, 0.3) is 0 Å². The smallest absolute Gasteiger partial charge is 0.335 e. The standard InChI is InChI=1S/C21H26N2O3/c1-4-12-13-8-10-23-11-9-21(19(12)23)14-6-5-7-15(25-2)17(14)22-18(21)16(13)20(24)26-3/h5-7,12-13,19,22H,4,8-11H2,1-3H3/t12-,13+,19-,21-/m0/s1. The molecule has 2 saturated heterocycles. The molecule has 3 heterocycles. The van der Waals surface area contributed by atoms with Crippen molar-refractivity contribution in [1.29, 1.82) is 0 Å². The zero-order valence-corrected chi connectivity index (χ0v) is 15.7. The van der Waals surface area contributed by atoms with Gasteiger partial charge < -0.3 is 14.8 Å². The van der Waals surface area contributed by atoms with Crippen molar-refractivity contribution in [3.05, 3.63) is 35.0 Å². The van der Waals surface area contributed by atoms with Crippen molar-refractivity contribution in [3.63, 3.8) is 0 Å². The lowest BCUT2D eigenvalue weighted by molar-refractivity contribution is -0.138. The topological polar surface area (TPSA) is 50.8 Å². The van der Waals surface area contributed by atoms with Crippen LogP contribution in [-0.4, -0.2) is 44.2 Å². The maximum atomic E-state index is 12.9. The molecule has 5 rings (SSSR count). The van der Waals surface area contributed by atoms with E-state index in [1.54, 1.807) is 7.11 Å². The highest BCUT2D eigenvalue weighted by Crippen LogP contribution is 2.63. The zero-order chi connectivity index (χ0) is 18.1. The monoisotopic (exact) mass is 354 g/mol. The van der Waals surface area contributed by atoms with Crippen molar-refractivity contribution in [3.8, 4) is 5.75 Å². The van der Waals surface area contributed by atoms with Crippen LogP contribution in [-0.2, 0) is 14.9 Å². The molecule has 0 aromatic heterocycles. The number of fused-ring (bicyclic) bond motifs is 2. The molecule has 3 aliphatic heterocycles. The van der Waals surface area contributed by atoms with E-state index in [4.69, 9.17) is 9.47 Å². The van der Waals surface area contributed by atoms with Crippen LogP contribution >= 0.6 is 0 Å². The van der Waals surface area contributed by atoms with Crippen LogP contribution in [0.2, 0.25) is 0 Å². The summed E-state index contributed by atoms with van der Waals surface area (Å²) in [5, 5.41) is 3.64. The van der Waals surface area contributed by atoms with E-state index in [2.05, 4.69) is 29.3 Å². The number of hydrogen-bond donors (Lipinski definition) is 1. The molecule has 1 spiro atoms. The Bertz CT molecular complexity index is 817. The van der Waals surface area contributed by atoms with Crippen LogP contribution in [0.4, 0.5) is 5.69 Å². The molecule has 2 bridgehead atoms. The van der Waals surface area contributed by atoms with Gasteiger partial charge in [0.15, 0.2) is 0 Å². The quantitative estimate of drug-likeness (QED) is 0.846. The largest absolute Gasteiger partial charge is 0.495 e.